The van der Waals surface area contributed by atoms with Crippen LogP contribution >= 0.6 is 11.6 Å². The number of rotatable bonds is 3. The van der Waals surface area contributed by atoms with Crippen LogP contribution in [0.4, 0.5) is 5.69 Å². The maximum atomic E-state index is 6.09. The van der Waals surface area contributed by atoms with Gasteiger partial charge in [-0.25, -0.2) is 0 Å². The quantitative estimate of drug-likeness (QED) is 0.848. The van der Waals surface area contributed by atoms with Crippen molar-refractivity contribution >= 4 is 23.0 Å². The molecule has 1 fully saturated rings. The van der Waals surface area contributed by atoms with Crippen molar-refractivity contribution in [2.75, 3.05) is 25.5 Å². The smallest absolute Gasteiger partial charge is 0.0667 e. The van der Waals surface area contributed by atoms with E-state index in [-0.39, 0.29) is 0 Å². The Morgan fingerprint density at radius 3 is 2.53 bits per heavy atom. The van der Waals surface area contributed by atoms with E-state index in [0.29, 0.717) is 0 Å². The number of nitrogens with zero attached hydrogens (tertiary/aromatic N) is 2. The number of anilines is 1. The summed E-state index contributed by atoms with van der Waals surface area (Å²) in [6.45, 7) is 4.18. The first-order valence-corrected chi connectivity index (χ1v) is 7.36. The van der Waals surface area contributed by atoms with Gasteiger partial charge in [0.1, 0.15) is 0 Å². The molecule has 3 nitrogen and oxygen atoms in total. The lowest BCUT2D eigenvalue weighted by atomic mass is 10.1. The van der Waals surface area contributed by atoms with E-state index in [1.165, 1.54) is 25.7 Å². The Labute approximate surface area is 120 Å². The molecule has 1 aliphatic heterocycles. The number of nitrogens with one attached hydrogen (secondary N) is 1. The first-order valence-electron chi connectivity index (χ1n) is 6.98. The van der Waals surface area contributed by atoms with Crippen molar-refractivity contribution in [1.82, 2.24) is 5.01 Å². The van der Waals surface area contributed by atoms with E-state index in [1.807, 2.05) is 25.2 Å². The maximum absolute atomic E-state index is 6.09. The van der Waals surface area contributed by atoms with Gasteiger partial charge < -0.3 is 5.32 Å². The van der Waals surface area contributed by atoms with E-state index in [0.717, 1.165) is 35.1 Å². The Balaban J connectivity index is 2.21. The van der Waals surface area contributed by atoms with E-state index < -0.39 is 0 Å². The van der Waals surface area contributed by atoms with Crippen molar-refractivity contribution in [3.05, 3.63) is 28.8 Å². The molecule has 0 atom stereocenters. The maximum Gasteiger partial charge on any atom is 0.0667 e. The fourth-order valence-electron chi connectivity index (χ4n) is 2.45. The molecule has 1 heterocycles. The standard InChI is InChI=1S/C15H22ClN3/c1-12(18-19-9-5-3-4-6-10-19)14-11-13(16)7-8-15(14)17-2/h7-8,11,17H,3-6,9-10H2,1-2H3/b18-12+. The molecule has 1 aromatic carbocycles. The van der Waals surface area contributed by atoms with Crippen LogP contribution in [0.15, 0.2) is 23.3 Å². The van der Waals surface area contributed by atoms with Crippen molar-refractivity contribution < 1.29 is 0 Å². The number of hydrogen-bond donors (Lipinski definition) is 1. The molecule has 0 spiro atoms. The molecule has 4 heteroatoms. The van der Waals surface area contributed by atoms with E-state index >= 15 is 0 Å². The highest BCUT2D eigenvalue weighted by Crippen LogP contribution is 2.21. The highest BCUT2D eigenvalue weighted by atomic mass is 35.5. The molecule has 0 saturated carbocycles. The van der Waals surface area contributed by atoms with Crippen LogP contribution in [0.1, 0.15) is 38.2 Å². The first kappa shape index (κ1) is 14.2. The van der Waals surface area contributed by atoms with E-state index in [4.69, 9.17) is 16.7 Å². The van der Waals surface area contributed by atoms with Gasteiger partial charge in [0.25, 0.3) is 0 Å². The molecule has 19 heavy (non-hydrogen) atoms. The first-order chi connectivity index (χ1) is 9.20. The van der Waals surface area contributed by atoms with Crippen LogP contribution < -0.4 is 5.32 Å². The van der Waals surface area contributed by atoms with E-state index in [1.54, 1.807) is 0 Å². The zero-order valence-corrected chi connectivity index (χ0v) is 12.5. The predicted molar refractivity (Wildman–Crippen MR) is 83.3 cm³/mol. The molecule has 0 aliphatic carbocycles. The number of hydrogen-bond acceptors (Lipinski definition) is 3. The fourth-order valence-corrected chi connectivity index (χ4v) is 2.63. The van der Waals surface area contributed by atoms with Crippen molar-refractivity contribution in [2.45, 2.75) is 32.6 Å². The summed E-state index contributed by atoms with van der Waals surface area (Å²) in [6, 6.07) is 5.87. The molecular formula is C15H22ClN3. The van der Waals surface area contributed by atoms with Crippen molar-refractivity contribution in [3.8, 4) is 0 Å². The van der Waals surface area contributed by atoms with Crippen molar-refractivity contribution in [1.29, 1.82) is 0 Å². The molecule has 1 aliphatic rings. The summed E-state index contributed by atoms with van der Waals surface area (Å²) in [5.74, 6) is 0. The highest BCUT2D eigenvalue weighted by Gasteiger charge is 2.10. The summed E-state index contributed by atoms with van der Waals surface area (Å²) in [4.78, 5) is 0. The van der Waals surface area contributed by atoms with Gasteiger partial charge in [0.2, 0.25) is 0 Å². The summed E-state index contributed by atoms with van der Waals surface area (Å²) >= 11 is 6.09. The van der Waals surface area contributed by atoms with Gasteiger partial charge in [0, 0.05) is 36.4 Å². The molecule has 104 valence electrons. The average molecular weight is 280 g/mol. The van der Waals surface area contributed by atoms with Crippen molar-refractivity contribution in [2.24, 2.45) is 5.10 Å². The Morgan fingerprint density at radius 2 is 1.89 bits per heavy atom. The van der Waals surface area contributed by atoms with Crippen LogP contribution in [0.3, 0.4) is 0 Å². The second kappa shape index (κ2) is 6.80. The van der Waals surface area contributed by atoms with Crippen LogP contribution in [-0.2, 0) is 0 Å². The molecule has 0 aromatic heterocycles. The van der Waals surface area contributed by atoms with Gasteiger partial charge in [-0.2, -0.15) is 5.10 Å². The Hall–Kier alpha value is -1.22. The Kier molecular flexibility index (Phi) is 5.08. The van der Waals surface area contributed by atoms with Gasteiger partial charge in [-0.15, -0.1) is 0 Å². The monoisotopic (exact) mass is 279 g/mol. The topological polar surface area (TPSA) is 27.6 Å². The Bertz CT molecular complexity index is 449. The van der Waals surface area contributed by atoms with Crippen LogP contribution in [-0.4, -0.2) is 30.9 Å². The van der Waals surface area contributed by atoms with Crippen LogP contribution in [0.2, 0.25) is 5.02 Å². The zero-order chi connectivity index (χ0) is 13.7. The molecule has 2 rings (SSSR count). The second-order valence-corrected chi connectivity index (χ2v) is 5.43. The molecule has 1 saturated heterocycles. The van der Waals surface area contributed by atoms with E-state index in [9.17, 15) is 0 Å². The third-order valence-electron chi connectivity index (χ3n) is 3.51. The zero-order valence-electron chi connectivity index (χ0n) is 11.7. The normalized spacial score (nSPS) is 17.2. The van der Waals surface area contributed by atoms with Gasteiger partial charge >= 0.3 is 0 Å². The molecular weight excluding hydrogens is 258 g/mol. The van der Waals surface area contributed by atoms with Gasteiger partial charge in [0.15, 0.2) is 0 Å². The molecule has 0 radical (unpaired) electrons. The molecule has 0 unspecified atom stereocenters. The summed E-state index contributed by atoms with van der Waals surface area (Å²) in [5.41, 5.74) is 3.17. The molecule has 1 aromatic rings. The minimum Gasteiger partial charge on any atom is -0.388 e. The number of hydrazone groups is 1. The van der Waals surface area contributed by atoms with Crippen molar-refractivity contribution in [3.63, 3.8) is 0 Å². The minimum atomic E-state index is 0.749. The fraction of sp³-hybridized carbons (Fsp3) is 0.533. The predicted octanol–water partition coefficient (Wildman–Crippen LogP) is 3.98. The summed E-state index contributed by atoms with van der Waals surface area (Å²) < 4.78 is 0. The lowest BCUT2D eigenvalue weighted by Crippen LogP contribution is -2.20. The number of benzene rings is 1. The summed E-state index contributed by atoms with van der Waals surface area (Å²) in [7, 11) is 1.92. The van der Waals surface area contributed by atoms with Crippen LogP contribution in [0.25, 0.3) is 0 Å². The molecule has 1 N–H and O–H groups in total. The third-order valence-corrected chi connectivity index (χ3v) is 3.75. The highest BCUT2D eigenvalue weighted by molar-refractivity contribution is 6.31. The molecule has 0 amide bonds. The second-order valence-electron chi connectivity index (χ2n) is 4.99. The minimum absolute atomic E-state index is 0.749. The van der Waals surface area contributed by atoms with Gasteiger partial charge in [-0.1, -0.05) is 24.4 Å². The largest absolute Gasteiger partial charge is 0.388 e. The number of halogens is 1. The van der Waals surface area contributed by atoms with Crippen LogP contribution in [0.5, 0.6) is 0 Å². The SMILES string of the molecule is CNc1ccc(Cl)cc1/C(C)=N/N1CCCCCC1. The van der Waals surface area contributed by atoms with Gasteiger partial charge in [0.05, 0.1) is 5.71 Å². The Morgan fingerprint density at radius 1 is 1.21 bits per heavy atom. The van der Waals surface area contributed by atoms with Gasteiger partial charge in [-0.3, -0.25) is 5.01 Å². The lowest BCUT2D eigenvalue weighted by molar-refractivity contribution is 0.301. The summed E-state index contributed by atoms with van der Waals surface area (Å²) in [6.07, 6.45) is 5.13. The average Bonchev–Trinajstić information content (AvgIpc) is 2.67. The lowest BCUT2D eigenvalue weighted by Gasteiger charge is -2.18. The van der Waals surface area contributed by atoms with E-state index in [2.05, 4.69) is 17.2 Å². The van der Waals surface area contributed by atoms with Crippen LogP contribution in [0, 0.1) is 0 Å². The third kappa shape index (κ3) is 3.87. The van der Waals surface area contributed by atoms with Gasteiger partial charge in [-0.05, 0) is 38.0 Å². The molecule has 0 bridgehead atoms. The summed E-state index contributed by atoms with van der Waals surface area (Å²) in [5, 5.41) is 10.9.